The second kappa shape index (κ2) is 9.60. The Morgan fingerprint density at radius 1 is 1.03 bits per heavy atom. The molecule has 0 aliphatic carbocycles. The number of H-pyrrole nitrogens is 1. The summed E-state index contributed by atoms with van der Waals surface area (Å²) in [7, 11) is 0. The monoisotopic (exact) mass is 479 g/mol. The number of aliphatic hydroxyl groups excluding tert-OH is 1. The Hall–Kier alpha value is -3.94. The van der Waals surface area contributed by atoms with Crippen molar-refractivity contribution in [2.24, 2.45) is 0 Å². The largest absolute Gasteiger partial charge is 0.394 e. The highest BCUT2D eigenvalue weighted by Crippen LogP contribution is 2.25. The van der Waals surface area contributed by atoms with Gasteiger partial charge in [0.15, 0.2) is 5.69 Å². The maximum absolute atomic E-state index is 13.4. The van der Waals surface area contributed by atoms with Crippen molar-refractivity contribution in [3.05, 3.63) is 101 Å². The number of aliphatic hydroxyl groups is 1. The van der Waals surface area contributed by atoms with Gasteiger partial charge in [-0.2, -0.15) is 5.10 Å². The zero-order valence-electron chi connectivity index (χ0n) is 20.1. The Bertz CT molecular complexity index is 1510. The lowest BCUT2D eigenvalue weighted by Crippen LogP contribution is -2.32. The van der Waals surface area contributed by atoms with Gasteiger partial charge in [-0.1, -0.05) is 60.7 Å². The van der Waals surface area contributed by atoms with E-state index >= 15 is 0 Å². The van der Waals surface area contributed by atoms with Crippen molar-refractivity contribution in [3.8, 4) is 0 Å². The smallest absolute Gasteiger partial charge is 0.272 e. The molecule has 7 nitrogen and oxygen atoms in total. The number of amides is 1. The number of fused-ring (bicyclic) bond motifs is 3. The van der Waals surface area contributed by atoms with E-state index in [4.69, 9.17) is 0 Å². The third kappa shape index (κ3) is 4.27. The maximum Gasteiger partial charge on any atom is 0.272 e. The van der Waals surface area contributed by atoms with Gasteiger partial charge in [-0.15, -0.1) is 0 Å². The number of carbonyl (C=O) groups excluding carboxylic acids is 1. The Kier molecular flexibility index (Phi) is 6.01. The molecule has 0 spiro atoms. The summed E-state index contributed by atoms with van der Waals surface area (Å²) < 4.78 is 1.81. The lowest BCUT2D eigenvalue weighted by molar-refractivity contribution is 0.0942. The molecule has 5 aromatic rings. The predicted molar refractivity (Wildman–Crippen MR) is 141 cm³/mol. The van der Waals surface area contributed by atoms with Gasteiger partial charge in [0, 0.05) is 55.1 Å². The molecule has 0 saturated carbocycles. The summed E-state index contributed by atoms with van der Waals surface area (Å²) in [5.41, 5.74) is 5.83. The maximum atomic E-state index is 13.4. The van der Waals surface area contributed by atoms with E-state index in [1.807, 2.05) is 41.1 Å². The number of nitrogens with one attached hydrogen (secondary N) is 2. The molecule has 1 aliphatic rings. The van der Waals surface area contributed by atoms with Crippen LogP contribution >= 0.6 is 0 Å². The fraction of sp³-hybridized carbons (Fsp3) is 0.241. The van der Waals surface area contributed by atoms with Crippen molar-refractivity contribution in [1.29, 1.82) is 0 Å². The molecule has 1 amide bonds. The first-order valence-corrected chi connectivity index (χ1v) is 12.4. The number of hydrogen-bond acceptors (Lipinski definition) is 4. The number of para-hydroxylation sites is 1. The Morgan fingerprint density at radius 2 is 1.83 bits per heavy atom. The van der Waals surface area contributed by atoms with Gasteiger partial charge in [0.1, 0.15) is 0 Å². The molecule has 182 valence electrons. The lowest BCUT2D eigenvalue weighted by Gasteiger charge is -2.27. The zero-order valence-corrected chi connectivity index (χ0v) is 20.1. The molecular weight excluding hydrogens is 450 g/mol. The molecule has 2 aromatic heterocycles. The first kappa shape index (κ1) is 22.5. The number of aromatic nitrogens is 3. The van der Waals surface area contributed by atoms with Gasteiger partial charge in [-0.3, -0.25) is 14.4 Å². The molecule has 3 aromatic carbocycles. The first-order valence-electron chi connectivity index (χ1n) is 12.4. The Labute approximate surface area is 209 Å². The van der Waals surface area contributed by atoms with Crippen LogP contribution in [0.1, 0.15) is 33.0 Å². The zero-order chi connectivity index (χ0) is 24.5. The van der Waals surface area contributed by atoms with Crippen LogP contribution in [0.4, 0.5) is 0 Å². The highest BCUT2D eigenvalue weighted by molar-refractivity contribution is 5.94. The van der Waals surface area contributed by atoms with Crippen LogP contribution in [0.5, 0.6) is 0 Å². The Morgan fingerprint density at radius 3 is 2.69 bits per heavy atom. The SMILES string of the molecule is O=C(NCc1cccc2ccccc12)c1nn(CCO)c2c1CN(Cc1cc3ccccc3[nH]1)CC2. The number of benzene rings is 3. The molecular formula is C29H29N5O2. The minimum Gasteiger partial charge on any atom is -0.394 e. The van der Waals surface area contributed by atoms with Crippen molar-refractivity contribution < 1.29 is 9.90 Å². The topological polar surface area (TPSA) is 86.2 Å². The molecule has 7 heteroatoms. The molecule has 0 radical (unpaired) electrons. The Balaban J connectivity index is 1.23. The van der Waals surface area contributed by atoms with Crippen molar-refractivity contribution in [2.45, 2.75) is 32.6 Å². The van der Waals surface area contributed by atoms with E-state index in [1.54, 1.807) is 0 Å². The summed E-state index contributed by atoms with van der Waals surface area (Å²) in [5.74, 6) is -0.177. The normalized spacial score (nSPS) is 13.8. The van der Waals surface area contributed by atoms with Gasteiger partial charge < -0.3 is 15.4 Å². The summed E-state index contributed by atoms with van der Waals surface area (Å²) >= 11 is 0. The summed E-state index contributed by atoms with van der Waals surface area (Å²) in [6.45, 7) is 3.10. The summed E-state index contributed by atoms with van der Waals surface area (Å²) in [4.78, 5) is 19.2. The van der Waals surface area contributed by atoms with Crippen LogP contribution in [0.2, 0.25) is 0 Å². The number of hydrogen-bond donors (Lipinski definition) is 3. The van der Waals surface area contributed by atoms with E-state index in [0.29, 0.717) is 25.3 Å². The predicted octanol–water partition coefficient (Wildman–Crippen LogP) is 4.00. The number of aromatic amines is 1. The summed E-state index contributed by atoms with van der Waals surface area (Å²) in [5, 5.41) is 20.8. The van der Waals surface area contributed by atoms with E-state index in [2.05, 4.69) is 56.7 Å². The van der Waals surface area contributed by atoms with Crippen LogP contribution in [0.15, 0.2) is 72.8 Å². The number of rotatable bonds is 7. The average Bonchev–Trinajstić information content (AvgIpc) is 3.48. The minimum atomic E-state index is -0.177. The highest BCUT2D eigenvalue weighted by atomic mass is 16.3. The van der Waals surface area contributed by atoms with E-state index in [9.17, 15) is 9.90 Å². The van der Waals surface area contributed by atoms with Crippen molar-refractivity contribution >= 4 is 27.6 Å². The molecule has 0 bridgehead atoms. The van der Waals surface area contributed by atoms with E-state index in [0.717, 1.165) is 58.3 Å². The molecule has 3 heterocycles. The molecule has 0 saturated heterocycles. The van der Waals surface area contributed by atoms with Crippen LogP contribution < -0.4 is 5.32 Å². The van der Waals surface area contributed by atoms with E-state index < -0.39 is 0 Å². The second-order valence-electron chi connectivity index (χ2n) is 9.38. The van der Waals surface area contributed by atoms with Gasteiger partial charge in [0.25, 0.3) is 5.91 Å². The van der Waals surface area contributed by atoms with Crippen LogP contribution in [0, 0.1) is 0 Å². The second-order valence-corrected chi connectivity index (χ2v) is 9.38. The first-order chi connectivity index (χ1) is 17.7. The minimum absolute atomic E-state index is 0.00996. The third-order valence-corrected chi connectivity index (χ3v) is 7.04. The van der Waals surface area contributed by atoms with Gasteiger partial charge in [-0.05, 0) is 33.9 Å². The standard InChI is InChI=1S/C29H29N5O2/c35-15-14-34-27-12-13-33(18-23-16-21-7-2-4-11-26(21)31-23)19-25(27)28(32-34)29(36)30-17-22-9-5-8-20-6-1-3-10-24(20)22/h1-11,16,31,35H,12-15,17-19H2,(H,30,36). The van der Waals surface area contributed by atoms with Crippen LogP contribution in [0.3, 0.4) is 0 Å². The average molecular weight is 480 g/mol. The fourth-order valence-corrected chi connectivity index (χ4v) is 5.31. The summed E-state index contributed by atoms with van der Waals surface area (Å²) in [6, 6.07) is 24.8. The molecule has 3 N–H and O–H groups in total. The van der Waals surface area contributed by atoms with Crippen LogP contribution in [0.25, 0.3) is 21.7 Å². The molecule has 36 heavy (non-hydrogen) atoms. The van der Waals surface area contributed by atoms with E-state index in [-0.39, 0.29) is 12.5 Å². The summed E-state index contributed by atoms with van der Waals surface area (Å²) in [6.07, 6.45) is 0.791. The fourth-order valence-electron chi connectivity index (χ4n) is 5.31. The van der Waals surface area contributed by atoms with Gasteiger partial charge in [0.05, 0.1) is 13.2 Å². The van der Waals surface area contributed by atoms with Crippen LogP contribution in [-0.2, 0) is 32.6 Å². The van der Waals surface area contributed by atoms with Crippen LogP contribution in [-0.4, -0.2) is 43.8 Å². The quantitative estimate of drug-likeness (QED) is 0.329. The van der Waals surface area contributed by atoms with Gasteiger partial charge >= 0.3 is 0 Å². The molecule has 1 aliphatic heterocycles. The molecule has 0 fully saturated rings. The number of nitrogens with zero attached hydrogens (tertiary/aromatic N) is 3. The lowest BCUT2D eigenvalue weighted by atomic mass is 10.0. The van der Waals surface area contributed by atoms with Crippen molar-refractivity contribution in [2.75, 3.05) is 13.2 Å². The van der Waals surface area contributed by atoms with E-state index in [1.165, 1.54) is 5.39 Å². The number of carbonyl (C=O) groups is 1. The van der Waals surface area contributed by atoms with Crippen molar-refractivity contribution in [3.63, 3.8) is 0 Å². The molecule has 0 unspecified atom stereocenters. The van der Waals surface area contributed by atoms with Gasteiger partial charge in [-0.25, -0.2) is 0 Å². The molecule has 0 atom stereocenters. The third-order valence-electron chi connectivity index (χ3n) is 7.04. The van der Waals surface area contributed by atoms with Gasteiger partial charge in [0.2, 0.25) is 0 Å². The highest BCUT2D eigenvalue weighted by Gasteiger charge is 2.28. The van der Waals surface area contributed by atoms with Crippen molar-refractivity contribution in [1.82, 2.24) is 25.0 Å². The molecule has 6 rings (SSSR count).